The molecule has 29 heavy (non-hydrogen) atoms. The molecular formula is C18H24O9P2. The van der Waals surface area contributed by atoms with Gasteiger partial charge in [-0.25, -0.2) is 0 Å². The van der Waals surface area contributed by atoms with E-state index in [1.54, 1.807) is 24.3 Å². The zero-order valence-corrected chi connectivity index (χ0v) is 17.2. The van der Waals surface area contributed by atoms with Gasteiger partial charge in [-0.2, -0.15) is 0 Å². The first kappa shape index (κ1) is 23.4. The third-order valence-corrected chi connectivity index (χ3v) is 8.48. The Hall–Kier alpha value is -1.86. The lowest BCUT2D eigenvalue weighted by atomic mass is 10.1. The van der Waals surface area contributed by atoms with E-state index in [0.717, 1.165) is 12.1 Å². The van der Waals surface area contributed by atoms with Gasteiger partial charge in [0.25, 0.3) is 0 Å². The molecule has 0 aliphatic rings. The number of rotatable bonds is 10. The summed E-state index contributed by atoms with van der Waals surface area (Å²) in [6.07, 6.45) is 0.930. The topological polar surface area (TPSA) is 165 Å². The second-order valence-electron chi connectivity index (χ2n) is 6.62. The van der Waals surface area contributed by atoms with E-state index in [1.807, 2.05) is 0 Å². The number of unbranched alkanes of at least 4 members (excludes halogenated alkanes) is 2. The minimum absolute atomic E-state index is 0.0713. The number of aryl methyl sites for hydroxylation is 1. The van der Waals surface area contributed by atoms with Gasteiger partial charge >= 0.3 is 20.3 Å². The van der Waals surface area contributed by atoms with Crippen LogP contribution in [0.15, 0.2) is 48.5 Å². The highest BCUT2D eigenvalue weighted by Gasteiger charge is 2.62. The molecule has 0 spiro atoms. The van der Waals surface area contributed by atoms with Crippen molar-refractivity contribution in [1.29, 1.82) is 0 Å². The summed E-state index contributed by atoms with van der Waals surface area (Å²) in [5, 5.41) is 16.0. The maximum Gasteiger partial charge on any atom is 0.381 e. The highest BCUT2D eigenvalue weighted by atomic mass is 31.2. The van der Waals surface area contributed by atoms with Gasteiger partial charge in [0.05, 0.1) is 0 Å². The van der Waals surface area contributed by atoms with Crippen LogP contribution in [0.4, 0.5) is 0 Å². The number of ether oxygens (including phenoxy) is 1. The lowest BCUT2D eigenvalue weighted by Crippen LogP contribution is -2.36. The molecular weight excluding hydrogens is 422 g/mol. The SMILES string of the molecule is O=P(O)(O)C(CCCCCc1ccccc1O)(Oc1ccc(O)cc1)P(=O)(O)O. The third-order valence-electron chi connectivity index (χ3n) is 4.47. The lowest BCUT2D eigenvalue weighted by molar-refractivity contribution is 0.141. The maximum absolute atomic E-state index is 12.1. The first-order chi connectivity index (χ1) is 13.5. The Bertz CT molecular complexity index is 880. The number of phenols is 2. The molecule has 0 aliphatic carbocycles. The van der Waals surface area contributed by atoms with E-state index in [2.05, 4.69) is 0 Å². The van der Waals surface area contributed by atoms with Gasteiger partial charge in [0.1, 0.15) is 17.2 Å². The van der Waals surface area contributed by atoms with Gasteiger partial charge in [0.2, 0.25) is 0 Å². The van der Waals surface area contributed by atoms with Gasteiger partial charge in [-0.1, -0.05) is 24.6 Å². The highest BCUT2D eigenvalue weighted by molar-refractivity contribution is 7.72. The summed E-state index contributed by atoms with van der Waals surface area (Å²) in [6.45, 7) is 0. The molecule has 0 aliphatic heterocycles. The first-order valence-electron chi connectivity index (χ1n) is 8.82. The van der Waals surface area contributed by atoms with E-state index < -0.39 is 26.7 Å². The number of para-hydroxylation sites is 1. The van der Waals surface area contributed by atoms with Gasteiger partial charge in [-0.05, 0) is 55.2 Å². The molecule has 160 valence electrons. The fourth-order valence-electron chi connectivity index (χ4n) is 2.90. The maximum atomic E-state index is 12.1. The molecule has 0 saturated heterocycles. The van der Waals surface area contributed by atoms with E-state index in [0.29, 0.717) is 24.8 Å². The largest absolute Gasteiger partial charge is 0.508 e. The van der Waals surface area contributed by atoms with Crippen molar-refractivity contribution >= 4 is 15.2 Å². The van der Waals surface area contributed by atoms with Gasteiger partial charge in [-0.3, -0.25) is 9.13 Å². The van der Waals surface area contributed by atoms with E-state index in [1.165, 1.54) is 12.1 Å². The summed E-state index contributed by atoms with van der Waals surface area (Å²) in [5.41, 5.74) is 0.712. The van der Waals surface area contributed by atoms with Gasteiger partial charge in [-0.15, -0.1) is 0 Å². The Morgan fingerprint density at radius 3 is 1.93 bits per heavy atom. The molecule has 6 N–H and O–H groups in total. The highest BCUT2D eigenvalue weighted by Crippen LogP contribution is 2.71. The second kappa shape index (κ2) is 9.30. The predicted octanol–water partition coefficient (Wildman–Crippen LogP) is 3.29. The van der Waals surface area contributed by atoms with Crippen LogP contribution in [0.1, 0.15) is 31.2 Å². The van der Waals surface area contributed by atoms with Crippen molar-refractivity contribution < 1.29 is 43.7 Å². The Kier molecular flexibility index (Phi) is 7.51. The van der Waals surface area contributed by atoms with Crippen LogP contribution >= 0.6 is 15.2 Å². The van der Waals surface area contributed by atoms with Crippen LogP contribution in [0.25, 0.3) is 0 Å². The van der Waals surface area contributed by atoms with Crippen LogP contribution in [-0.2, 0) is 15.6 Å². The molecule has 11 heteroatoms. The molecule has 0 amide bonds. The molecule has 2 rings (SSSR count). The smallest absolute Gasteiger partial charge is 0.381 e. The molecule has 0 unspecified atom stereocenters. The zero-order valence-electron chi connectivity index (χ0n) is 15.5. The van der Waals surface area contributed by atoms with E-state index in [9.17, 15) is 38.9 Å². The number of hydrogen-bond donors (Lipinski definition) is 6. The zero-order chi connectivity index (χ0) is 21.7. The molecule has 0 radical (unpaired) electrons. The Balaban J connectivity index is 2.13. The lowest BCUT2D eigenvalue weighted by Gasteiger charge is -2.34. The summed E-state index contributed by atoms with van der Waals surface area (Å²) in [4.78, 5) is 39.0. The summed E-state index contributed by atoms with van der Waals surface area (Å²) in [6, 6.07) is 11.4. The third kappa shape index (κ3) is 5.82. The van der Waals surface area contributed by atoms with E-state index >= 15 is 0 Å². The monoisotopic (exact) mass is 446 g/mol. The fourth-order valence-corrected chi connectivity index (χ4v) is 5.61. The summed E-state index contributed by atoms with van der Waals surface area (Å²) >= 11 is 0. The Morgan fingerprint density at radius 1 is 0.793 bits per heavy atom. The molecule has 2 aromatic carbocycles. The molecule has 0 aromatic heterocycles. The van der Waals surface area contributed by atoms with Gasteiger partial charge in [0.15, 0.2) is 0 Å². The van der Waals surface area contributed by atoms with Crippen LogP contribution in [0, 0.1) is 0 Å². The van der Waals surface area contributed by atoms with Crippen molar-refractivity contribution in [2.24, 2.45) is 0 Å². The summed E-state index contributed by atoms with van der Waals surface area (Å²) < 4.78 is 29.4. The minimum atomic E-state index is -5.41. The van der Waals surface area contributed by atoms with E-state index in [-0.39, 0.29) is 23.7 Å². The average molecular weight is 446 g/mol. The van der Waals surface area contributed by atoms with Crippen molar-refractivity contribution in [1.82, 2.24) is 0 Å². The van der Waals surface area contributed by atoms with Crippen LogP contribution in [0.2, 0.25) is 0 Å². The second-order valence-corrected chi connectivity index (χ2v) is 10.6. The Labute approximate surface area is 167 Å². The van der Waals surface area contributed by atoms with Crippen LogP contribution in [0.3, 0.4) is 0 Å². The molecule has 0 heterocycles. The number of hydrogen-bond acceptors (Lipinski definition) is 5. The van der Waals surface area contributed by atoms with Crippen molar-refractivity contribution in [3.05, 3.63) is 54.1 Å². The molecule has 0 atom stereocenters. The molecule has 9 nitrogen and oxygen atoms in total. The van der Waals surface area contributed by atoms with E-state index in [4.69, 9.17) is 4.74 Å². The van der Waals surface area contributed by atoms with Crippen LogP contribution < -0.4 is 4.74 Å². The molecule has 0 saturated carbocycles. The standard InChI is InChI=1S/C18H24O9P2/c19-15-9-11-16(12-10-15)27-18(28(21,22)23,29(24,25)26)13-5-1-2-6-14-7-3-4-8-17(14)20/h3-4,7-12,19-20H,1-2,5-6,13H2,(H2,21,22,23)(H2,24,25,26). The summed E-state index contributed by atoms with van der Waals surface area (Å²) in [7, 11) is -10.8. The van der Waals surface area contributed by atoms with Gasteiger partial charge < -0.3 is 34.5 Å². The number of phenolic OH excluding ortho intramolecular Hbond substituents is 2. The average Bonchev–Trinajstić information content (AvgIpc) is 2.61. The van der Waals surface area contributed by atoms with Crippen LogP contribution in [0.5, 0.6) is 17.2 Å². The van der Waals surface area contributed by atoms with Crippen molar-refractivity contribution in [2.75, 3.05) is 0 Å². The molecule has 2 aromatic rings. The fraction of sp³-hybridized carbons (Fsp3) is 0.333. The van der Waals surface area contributed by atoms with Crippen molar-refractivity contribution in [2.45, 2.75) is 37.2 Å². The Morgan fingerprint density at radius 2 is 1.38 bits per heavy atom. The van der Waals surface area contributed by atoms with Crippen molar-refractivity contribution in [3.63, 3.8) is 0 Å². The number of benzene rings is 2. The van der Waals surface area contributed by atoms with Crippen LogP contribution in [-0.4, -0.2) is 34.9 Å². The first-order valence-corrected chi connectivity index (χ1v) is 12.0. The normalized spacial score (nSPS) is 12.7. The summed E-state index contributed by atoms with van der Waals surface area (Å²) in [5.74, 6) is -0.189. The van der Waals surface area contributed by atoms with Crippen molar-refractivity contribution in [3.8, 4) is 17.2 Å². The molecule has 0 bridgehead atoms. The quantitative estimate of drug-likeness (QED) is 0.237. The predicted molar refractivity (Wildman–Crippen MR) is 106 cm³/mol. The van der Waals surface area contributed by atoms with Gasteiger partial charge in [0, 0.05) is 6.42 Å². The number of aromatic hydroxyl groups is 2. The molecule has 0 fully saturated rings. The minimum Gasteiger partial charge on any atom is -0.508 e.